The molecule has 0 bridgehead atoms. The SMILES string of the molecule is CC(C)(C)C(=O)OCCCCCCOP(=O)(O)O. The van der Waals surface area contributed by atoms with Crippen LogP contribution >= 0.6 is 7.82 Å². The highest BCUT2D eigenvalue weighted by Gasteiger charge is 2.22. The first kappa shape index (κ1) is 17.6. The lowest BCUT2D eigenvalue weighted by molar-refractivity contribution is -0.153. The van der Waals surface area contributed by atoms with E-state index in [9.17, 15) is 9.36 Å². The molecule has 0 fully saturated rings. The van der Waals surface area contributed by atoms with Gasteiger partial charge in [0.05, 0.1) is 18.6 Å². The molecule has 0 rings (SSSR count). The van der Waals surface area contributed by atoms with Crippen LogP contribution in [0.15, 0.2) is 0 Å². The van der Waals surface area contributed by atoms with Gasteiger partial charge in [0.2, 0.25) is 0 Å². The summed E-state index contributed by atoms with van der Waals surface area (Å²) in [5.74, 6) is -0.215. The number of hydrogen-bond acceptors (Lipinski definition) is 4. The Morgan fingerprint density at radius 2 is 1.56 bits per heavy atom. The zero-order valence-corrected chi connectivity index (χ0v) is 12.1. The first-order chi connectivity index (χ1) is 8.13. The summed E-state index contributed by atoms with van der Waals surface area (Å²) in [4.78, 5) is 28.2. The molecule has 0 aliphatic heterocycles. The van der Waals surface area contributed by atoms with Gasteiger partial charge in [0.1, 0.15) is 0 Å². The molecule has 18 heavy (non-hydrogen) atoms. The molecule has 0 unspecified atom stereocenters. The Kier molecular flexibility index (Phi) is 7.71. The highest BCUT2D eigenvalue weighted by molar-refractivity contribution is 7.46. The van der Waals surface area contributed by atoms with E-state index in [2.05, 4.69) is 4.52 Å². The van der Waals surface area contributed by atoms with E-state index in [1.165, 1.54) is 0 Å². The molecule has 0 aromatic rings. The third-order valence-corrected chi connectivity index (χ3v) is 2.66. The van der Waals surface area contributed by atoms with Crippen molar-refractivity contribution in [2.24, 2.45) is 5.41 Å². The summed E-state index contributed by atoms with van der Waals surface area (Å²) in [6.07, 6.45) is 2.95. The summed E-state index contributed by atoms with van der Waals surface area (Å²) in [7, 11) is -4.33. The number of rotatable bonds is 8. The van der Waals surface area contributed by atoms with Gasteiger partial charge in [-0.15, -0.1) is 0 Å². The van der Waals surface area contributed by atoms with Crippen LogP contribution in [-0.4, -0.2) is 29.0 Å². The summed E-state index contributed by atoms with van der Waals surface area (Å²) in [6.45, 7) is 5.83. The van der Waals surface area contributed by atoms with Gasteiger partial charge >= 0.3 is 13.8 Å². The monoisotopic (exact) mass is 282 g/mol. The van der Waals surface area contributed by atoms with Crippen LogP contribution in [0.4, 0.5) is 0 Å². The van der Waals surface area contributed by atoms with Crippen molar-refractivity contribution in [2.75, 3.05) is 13.2 Å². The summed E-state index contributed by atoms with van der Waals surface area (Å²) in [6, 6.07) is 0. The first-order valence-corrected chi connectivity index (χ1v) is 7.53. The quantitative estimate of drug-likeness (QED) is 0.403. The maximum absolute atomic E-state index is 11.4. The molecule has 6 nitrogen and oxygen atoms in total. The largest absolute Gasteiger partial charge is 0.469 e. The van der Waals surface area contributed by atoms with Crippen LogP contribution in [0, 0.1) is 5.41 Å². The van der Waals surface area contributed by atoms with Crippen molar-refractivity contribution in [1.29, 1.82) is 0 Å². The Hall–Kier alpha value is -0.420. The van der Waals surface area contributed by atoms with Crippen molar-refractivity contribution in [2.45, 2.75) is 46.5 Å². The Bertz CT molecular complexity index is 290. The molecule has 0 saturated carbocycles. The Balaban J connectivity index is 3.37. The molecule has 0 atom stereocenters. The zero-order chi connectivity index (χ0) is 14.2. The molecule has 0 spiro atoms. The van der Waals surface area contributed by atoms with E-state index >= 15 is 0 Å². The molecule has 108 valence electrons. The molecule has 0 amide bonds. The lowest BCUT2D eigenvalue weighted by Crippen LogP contribution is -2.23. The van der Waals surface area contributed by atoms with Gasteiger partial charge in [-0.25, -0.2) is 4.57 Å². The topological polar surface area (TPSA) is 93.1 Å². The van der Waals surface area contributed by atoms with Crippen LogP contribution in [0.1, 0.15) is 46.5 Å². The minimum atomic E-state index is -4.33. The highest BCUT2D eigenvalue weighted by atomic mass is 31.2. The smallest absolute Gasteiger partial charge is 0.465 e. The molecule has 0 heterocycles. The lowest BCUT2D eigenvalue weighted by Gasteiger charge is -2.16. The zero-order valence-electron chi connectivity index (χ0n) is 11.2. The maximum Gasteiger partial charge on any atom is 0.469 e. The second kappa shape index (κ2) is 7.89. The summed E-state index contributed by atoms with van der Waals surface area (Å²) >= 11 is 0. The molecule has 0 saturated heterocycles. The van der Waals surface area contributed by atoms with Gasteiger partial charge in [0.15, 0.2) is 0 Å². The second-order valence-corrected chi connectivity index (χ2v) is 6.36. The molecule has 0 aliphatic carbocycles. The third kappa shape index (κ3) is 10.7. The number of unbranched alkanes of at least 4 members (excludes halogenated alkanes) is 3. The highest BCUT2D eigenvalue weighted by Crippen LogP contribution is 2.35. The summed E-state index contributed by atoms with van der Waals surface area (Å²) < 4.78 is 19.7. The van der Waals surface area contributed by atoms with Crippen LogP contribution in [0.25, 0.3) is 0 Å². The standard InChI is InChI=1S/C11H23O6P/c1-11(2,3)10(12)16-8-6-4-5-7-9-17-18(13,14)15/h4-9H2,1-3H3,(H2,13,14,15). The van der Waals surface area contributed by atoms with Crippen LogP contribution in [-0.2, 0) is 18.6 Å². The van der Waals surface area contributed by atoms with Crippen LogP contribution in [0.3, 0.4) is 0 Å². The normalized spacial score (nSPS) is 12.5. The van der Waals surface area contributed by atoms with E-state index in [4.69, 9.17) is 14.5 Å². The Morgan fingerprint density at radius 3 is 2.00 bits per heavy atom. The molecular weight excluding hydrogens is 259 g/mol. The number of phosphoric acid groups is 1. The van der Waals surface area contributed by atoms with Crippen LogP contribution in [0.2, 0.25) is 0 Å². The van der Waals surface area contributed by atoms with E-state index in [0.29, 0.717) is 13.0 Å². The fourth-order valence-electron chi connectivity index (χ4n) is 1.12. The Labute approximate surface area is 108 Å². The Morgan fingerprint density at radius 1 is 1.06 bits per heavy atom. The average molecular weight is 282 g/mol. The van der Waals surface area contributed by atoms with Gasteiger partial charge in [-0.3, -0.25) is 9.32 Å². The first-order valence-electron chi connectivity index (χ1n) is 6.00. The number of esters is 1. The van der Waals surface area contributed by atoms with Gasteiger partial charge in [0.25, 0.3) is 0 Å². The minimum Gasteiger partial charge on any atom is -0.465 e. The van der Waals surface area contributed by atoms with Crippen molar-refractivity contribution >= 4 is 13.8 Å². The van der Waals surface area contributed by atoms with Crippen LogP contribution < -0.4 is 0 Å². The molecule has 0 aliphatic rings. The van der Waals surface area contributed by atoms with Gasteiger partial charge in [0, 0.05) is 0 Å². The molecule has 0 radical (unpaired) electrons. The number of hydrogen-bond donors (Lipinski definition) is 2. The fourth-order valence-corrected chi connectivity index (χ4v) is 1.49. The van der Waals surface area contributed by atoms with Crippen molar-refractivity contribution in [3.8, 4) is 0 Å². The molecule has 7 heteroatoms. The van der Waals surface area contributed by atoms with E-state index in [-0.39, 0.29) is 12.6 Å². The second-order valence-electron chi connectivity index (χ2n) is 5.12. The van der Waals surface area contributed by atoms with Gasteiger partial charge in [-0.1, -0.05) is 6.42 Å². The third-order valence-electron chi connectivity index (χ3n) is 2.14. The van der Waals surface area contributed by atoms with E-state index in [1.54, 1.807) is 20.8 Å². The predicted octanol–water partition coefficient (Wildman–Crippen LogP) is 2.25. The molecule has 0 aromatic carbocycles. The minimum absolute atomic E-state index is 0.0477. The maximum atomic E-state index is 11.4. The van der Waals surface area contributed by atoms with E-state index < -0.39 is 13.2 Å². The predicted molar refractivity (Wildman–Crippen MR) is 66.9 cm³/mol. The fraction of sp³-hybridized carbons (Fsp3) is 0.909. The number of ether oxygens (including phenoxy) is 1. The summed E-state index contributed by atoms with van der Waals surface area (Å²) in [5, 5.41) is 0. The average Bonchev–Trinajstić information content (AvgIpc) is 2.18. The number of phosphoric ester groups is 1. The molecule has 2 N–H and O–H groups in total. The van der Waals surface area contributed by atoms with Gasteiger partial charge < -0.3 is 14.5 Å². The van der Waals surface area contributed by atoms with Gasteiger partial charge in [-0.05, 0) is 40.0 Å². The number of carbonyl (C=O) groups is 1. The van der Waals surface area contributed by atoms with Crippen LogP contribution in [0.5, 0.6) is 0 Å². The van der Waals surface area contributed by atoms with Crippen molar-refractivity contribution in [1.82, 2.24) is 0 Å². The lowest BCUT2D eigenvalue weighted by atomic mass is 9.97. The van der Waals surface area contributed by atoms with E-state index in [0.717, 1.165) is 19.3 Å². The number of carbonyl (C=O) groups excluding carboxylic acids is 1. The van der Waals surface area contributed by atoms with Crippen molar-refractivity contribution in [3.63, 3.8) is 0 Å². The van der Waals surface area contributed by atoms with Crippen molar-refractivity contribution in [3.05, 3.63) is 0 Å². The van der Waals surface area contributed by atoms with E-state index in [1.807, 2.05) is 0 Å². The molecule has 0 aromatic heterocycles. The van der Waals surface area contributed by atoms with Crippen molar-refractivity contribution < 1.29 is 28.4 Å². The summed E-state index contributed by atoms with van der Waals surface area (Å²) in [5.41, 5.74) is -0.475. The molecular formula is C11H23O6P. The van der Waals surface area contributed by atoms with Gasteiger partial charge in [-0.2, -0.15) is 0 Å².